The van der Waals surface area contributed by atoms with Gasteiger partial charge in [-0.1, -0.05) is 6.07 Å². The van der Waals surface area contributed by atoms with Crippen LogP contribution in [0.25, 0.3) is 15.9 Å². The number of amides is 1. The molecule has 5 rings (SSSR count). The highest BCUT2D eigenvalue weighted by Crippen LogP contribution is 2.33. The van der Waals surface area contributed by atoms with E-state index in [0.29, 0.717) is 35.0 Å². The van der Waals surface area contributed by atoms with Crippen LogP contribution >= 0.6 is 23.1 Å². The first-order valence-electron chi connectivity index (χ1n) is 11.2. The second-order valence-corrected chi connectivity index (χ2v) is 10.4. The van der Waals surface area contributed by atoms with Gasteiger partial charge in [0.1, 0.15) is 16.5 Å². The van der Waals surface area contributed by atoms with Gasteiger partial charge in [-0.3, -0.25) is 9.59 Å². The van der Waals surface area contributed by atoms with Crippen molar-refractivity contribution in [3.8, 4) is 5.69 Å². The highest BCUT2D eigenvalue weighted by Gasteiger charge is 2.19. The number of hydrogen-bond donors (Lipinski definition) is 2. The number of nitrogens with zero attached hydrogens (tertiary/aromatic N) is 3. The normalized spacial score (nSPS) is 13.2. The van der Waals surface area contributed by atoms with E-state index in [1.807, 2.05) is 0 Å². The maximum Gasteiger partial charge on any atom is 0.259 e. The molecule has 0 aliphatic heterocycles. The predicted molar refractivity (Wildman–Crippen MR) is 133 cm³/mol. The average molecular weight is 498 g/mol. The van der Waals surface area contributed by atoms with Gasteiger partial charge in [0.25, 0.3) is 5.56 Å². The van der Waals surface area contributed by atoms with Crippen molar-refractivity contribution in [1.29, 1.82) is 0 Å². The molecule has 0 fully saturated rings. The second kappa shape index (κ2) is 10.1. The lowest BCUT2D eigenvalue weighted by molar-refractivity contribution is -0.120. The highest BCUT2D eigenvalue weighted by atomic mass is 32.2. The Balaban J connectivity index is 1.10. The molecule has 2 N–H and O–H groups in total. The van der Waals surface area contributed by atoms with E-state index in [0.717, 1.165) is 29.5 Å². The Morgan fingerprint density at radius 1 is 1.29 bits per heavy atom. The lowest BCUT2D eigenvalue weighted by Gasteiger charge is -2.09. The van der Waals surface area contributed by atoms with Crippen LogP contribution in [0, 0.1) is 5.82 Å². The minimum Gasteiger partial charge on any atom is -0.352 e. The molecule has 3 heterocycles. The van der Waals surface area contributed by atoms with E-state index in [-0.39, 0.29) is 23.8 Å². The average Bonchev–Trinajstić information content (AvgIpc) is 3.48. The van der Waals surface area contributed by atoms with Gasteiger partial charge in [-0.25, -0.2) is 14.4 Å². The van der Waals surface area contributed by atoms with E-state index in [1.54, 1.807) is 52.2 Å². The van der Waals surface area contributed by atoms with Crippen LogP contribution in [0.5, 0.6) is 0 Å². The van der Waals surface area contributed by atoms with Gasteiger partial charge in [0.2, 0.25) is 5.91 Å². The smallest absolute Gasteiger partial charge is 0.259 e. The minimum absolute atomic E-state index is 0.0518. The van der Waals surface area contributed by atoms with Crippen LogP contribution in [0.15, 0.2) is 41.7 Å². The zero-order valence-electron chi connectivity index (χ0n) is 18.5. The molecular weight excluding hydrogens is 473 g/mol. The van der Waals surface area contributed by atoms with Crippen LogP contribution < -0.4 is 10.9 Å². The van der Waals surface area contributed by atoms with Crippen LogP contribution in [0.2, 0.25) is 0 Å². The van der Waals surface area contributed by atoms with E-state index >= 15 is 0 Å². The number of aryl methyl sites for hydroxylation is 2. The first-order valence-corrected chi connectivity index (χ1v) is 13.2. The fraction of sp³-hybridized carbons (Fsp3) is 0.333. The molecule has 0 bridgehead atoms. The lowest BCUT2D eigenvalue weighted by Crippen LogP contribution is -2.23. The van der Waals surface area contributed by atoms with Gasteiger partial charge in [0.15, 0.2) is 0 Å². The van der Waals surface area contributed by atoms with E-state index in [1.165, 1.54) is 29.3 Å². The van der Waals surface area contributed by atoms with Crippen molar-refractivity contribution in [2.75, 3.05) is 5.75 Å². The van der Waals surface area contributed by atoms with Crippen LogP contribution in [0.4, 0.5) is 4.39 Å². The number of H-pyrrole nitrogens is 1. The molecule has 1 aliphatic carbocycles. The molecular formula is C24H24FN5O2S2. The third-order valence-corrected chi connectivity index (χ3v) is 8.03. The molecule has 0 unspecified atom stereocenters. The minimum atomic E-state index is -0.370. The van der Waals surface area contributed by atoms with Gasteiger partial charge >= 0.3 is 0 Å². The third-order valence-electron chi connectivity index (χ3n) is 5.87. The van der Waals surface area contributed by atoms with Crippen molar-refractivity contribution in [2.24, 2.45) is 0 Å². The molecule has 7 nitrogen and oxygen atoms in total. The maximum atomic E-state index is 14.3. The number of halogens is 1. The summed E-state index contributed by atoms with van der Waals surface area (Å²) in [5.74, 6) is 1.32. The molecule has 4 aromatic rings. The number of thiophene rings is 1. The Hall–Kier alpha value is -2.98. The molecule has 0 atom stereocenters. The SMILES string of the molecule is O=C(CCSCc1nc2sc3c(c2c(=O)[nH]1)CCCC3)NCc1ccc(-n2ccnc2)c(F)c1. The summed E-state index contributed by atoms with van der Waals surface area (Å²) in [5.41, 5.74) is 2.24. The molecule has 176 valence electrons. The van der Waals surface area contributed by atoms with Crippen LogP contribution in [0.3, 0.4) is 0 Å². The number of rotatable bonds is 8. The van der Waals surface area contributed by atoms with Gasteiger partial charge in [0.05, 0.1) is 23.2 Å². The topological polar surface area (TPSA) is 92.7 Å². The van der Waals surface area contributed by atoms with Gasteiger partial charge < -0.3 is 14.9 Å². The Kier molecular flexibility index (Phi) is 6.77. The number of benzene rings is 1. The number of aromatic nitrogens is 4. The monoisotopic (exact) mass is 497 g/mol. The maximum absolute atomic E-state index is 14.3. The van der Waals surface area contributed by atoms with Gasteiger partial charge in [0, 0.05) is 36.0 Å². The zero-order chi connectivity index (χ0) is 23.5. The van der Waals surface area contributed by atoms with Crippen molar-refractivity contribution in [3.63, 3.8) is 0 Å². The largest absolute Gasteiger partial charge is 0.352 e. The first-order chi connectivity index (χ1) is 16.6. The number of carbonyl (C=O) groups is 1. The Morgan fingerprint density at radius 2 is 2.18 bits per heavy atom. The van der Waals surface area contributed by atoms with Crippen LogP contribution in [-0.2, 0) is 29.9 Å². The number of fused-ring (bicyclic) bond motifs is 3. The molecule has 0 spiro atoms. The fourth-order valence-electron chi connectivity index (χ4n) is 4.17. The second-order valence-electron chi connectivity index (χ2n) is 8.24. The third kappa shape index (κ3) is 4.92. The molecule has 0 saturated heterocycles. The molecule has 10 heteroatoms. The van der Waals surface area contributed by atoms with Gasteiger partial charge in [-0.15, -0.1) is 11.3 Å². The van der Waals surface area contributed by atoms with Crippen LogP contribution in [-0.4, -0.2) is 31.2 Å². The molecule has 1 aliphatic rings. The van der Waals surface area contributed by atoms with Crippen molar-refractivity contribution in [2.45, 2.75) is 44.4 Å². The molecule has 0 saturated carbocycles. The molecule has 1 amide bonds. The zero-order valence-corrected chi connectivity index (χ0v) is 20.1. The molecule has 34 heavy (non-hydrogen) atoms. The summed E-state index contributed by atoms with van der Waals surface area (Å²) in [6, 6.07) is 4.88. The number of aromatic amines is 1. The number of thioether (sulfide) groups is 1. The van der Waals surface area contributed by atoms with Crippen molar-refractivity contribution in [1.82, 2.24) is 24.8 Å². The summed E-state index contributed by atoms with van der Waals surface area (Å²) in [6.45, 7) is 0.263. The first kappa shape index (κ1) is 22.8. The Bertz CT molecular complexity index is 1380. The Labute approximate surface area is 203 Å². The van der Waals surface area contributed by atoms with E-state index in [4.69, 9.17) is 0 Å². The summed E-state index contributed by atoms with van der Waals surface area (Å²) in [5, 5.41) is 3.60. The number of carbonyl (C=O) groups excluding carboxylic acids is 1. The predicted octanol–water partition coefficient (Wildman–Crippen LogP) is 4.13. The summed E-state index contributed by atoms with van der Waals surface area (Å²) < 4.78 is 15.9. The molecule has 0 radical (unpaired) electrons. The highest BCUT2D eigenvalue weighted by molar-refractivity contribution is 7.98. The molecule has 3 aromatic heterocycles. The summed E-state index contributed by atoms with van der Waals surface area (Å²) in [7, 11) is 0. The van der Waals surface area contributed by atoms with Crippen molar-refractivity contribution >= 4 is 39.2 Å². The standard InChI is InChI=1S/C24H24FN5O2S2/c25-17-11-15(5-6-18(17)30-9-8-26-14-30)12-27-21(31)7-10-33-13-20-28-23(32)22-16-3-1-2-4-19(16)34-24(22)29-20/h5-6,8-9,11,14H,1-4,7,10,12-13H2,(H,27,31)(H,28,29,32). The summed E-state index contributed by atoms with van der Waals surface area (Å²) in [4.78, 5) is 38.5. The van der Waals surface area contributed by atoms with Crippen molar-refractivity contribution < 1.29 is 9.18 Å². The lowest BCUT2D eigenvalue weighted by atomic mass is 9.97. The summed E-state index contributed by atoms with van der Waals surface area (Å²) in [6.07, 6.45) is 9.44. The van der Waals surface area contributed by atoms with E-state index < -0.39 is 0 Å². The fourth-order valence-corrected chi connectivity index (χ4v) is 6.26. The van der Waals surface area contributed by atoms with Crippen LogP contribution in [0.1, 0.15) is 41.1 Å². The quantitative estimate of drug-likeness (QED) is 0.357. The Morgan fingerprint density at radius 3 is 3.00 bits per heavy atom. The van der Waals surface area contributed by atoms with E-state index in [2.05, 4.69) is 20.3 Å². The van der Waals surface area contributed by atoms with Crippen molar-refractivity contribution in [3.05, 3.63) is 74.9 Å². The number of imidazole rings is 1. The summed E-state index contributed by atoms with van der Waals surface area (Å²) >= 11 is 3.20. The number of hydrogen-bond acceptors (Lipinski definition) is 6. The van der Waals surface area contributed by atoms with E-state index in [9.17, 15) is 14.0 Å². The molecule has 1 aromatic carbocycles. The number of nitrogens with one attached hydrogen (secondary N) is 2. The van der Waals surface area contributed by atoms with Gasteiger partial charge in [-0.2, -0.15) is 11.8 Å². The van der Waals surface area contributed by atoms with Gasteiger partial charge in [-0.05, 0) is 48.9 Å².